The van der Waals surface area contributed by atoms with Gasteiger partial charge in [0, 0.05) is 32.3 Å². The molecule has 1 aliphatic rings. The molecule has 2 aromatic heterocycles. The fourth-order valence-electron chi connectivity index (χ4n) is 3.41. The molecule has 0 bridgehead atoms. The summed E-state index contributed by atoms with van der Waals surface area (Å²) < 4.78 is 21.6. The summed E-state index contributed by atoms with van der Waals surface area (Å²) in [5.74, 6) is 0.337. The van der Waals surface area contributed by atoms with Crippen LogP contribution >= 0.6 is 11.6 Å². The van der Waals surface area contributed by atoms with E-state index in [4.69, 9.17) is 27.2 Å². The first-order valence-electron chi connectivity index (χ1n) is 10.1. The smallest absolute Gasteiger partial charge is 0.220 e. The minimum Gasteiger partial charge on any atom is -0.391 e. The van der Waals surface area contributed by atoms with Crippen LogP contribution in [-0.2, 0) is 4.74 Å². The maximum Gasteiger partial charge on any atom is 0.220 e. The third kappa shape index (κ3) is 5.23. The Morgan fingerprint density at radius 1 is 1.32 bits per heavy atom. The van der Waals surface area contributed by atoms with Crippen molar-refractivity contribution in [1.82, 2.24) is 19.5 Å². The highest BCUT2D eigenvalue weighted by Gasteiger charge is 2.20. The first-order chi connectivity index (χ1) is 14.7. The Balaban J connectivity index is 0.000000330. The molecule has 1 saturated heterocycles. The van der Waals surface area contributed by atoms with E-state index in [0.717, 1.165) is 19.4 Å². The molecule has 10 heteroatoms. The third-order valence-electron chi connectivity index (χ3n) is 4.82. The Hall–Kier alpha value is -2.49. The monoisotopic (exact) mass is 450 g/mol. The topological polar surface area (TPSA) is 102 Å². The van der Waals surface area contributed by atoms with Crippen molar-refractivity contribution in [3.05, 3.63) is 29.2 Å². The molecule has 8 nitrogen and oxygen atoms in total. The van der Waals surface area contributed by atoms with E-state index in [2.05, 4.69) is 15.0 Å². The highest BCUT2D eigenvalue weighted by atomic mass is 35.5. The van der Waals surface area contributed by atoms with Crippen LogP contribution in [0.5, 0.6) is 0 Å². The van der Waals surface area contributed by atoms with Crippen molar-refractivity contribution in [1.29, 1.82) is 0 Å². The fraction of sp³-hybridized carbons (Fsp3) is 0.476. The standard InChI is InChI=1S/C16H18ClFN6.C5H10O2/c1-8(2)24-12-6-9(13-10(17)7-20-15(19)21-13)5-11(18)14(12)22-16(24)23(3)4;6-5-2-1-3-7-4-5/h5-8H,1-4H3,(H2,19,20,21);5-6H,1-4H2. The average molecular weight is 451 g/mol. The van der Waals surface area contributed by atoms with E-state index in [9.17, 15) is 4.39 Å². The summed E-state index contributed by atoms with van der Waals surface area (Å²) in [6.07, 6.45) is 3.15. The van der Waals surface area contributed by atoms with Gasteiger partial charge in [-0.15, -0.1) is 0 Å². The first kappa shape index (κ1) is 23.2. The number of halogens is 2. The number of nitrogen functional groups attached to an aromatic ring is 1. The maximum absolute atomic E-state index is 14.7. The number of anilines is 2. The lowest BCUT2D eigenvalue weighted by molar-refractivity contribution is -0.00535. The SMILES string of the molecule is CC(C)n1c(N(C)C)nc2c(F)cc(-c3nc(N)ncc3Cl)cc21.OC1CCCOC1. The summed E-state index contributed by atoms with van der Waals surface area (Å²) in [6, 6.07) is 3.30. The van der Waals surface area contributed by atoms with Crippen molar-refractivity contribution < 1.29 is 14.2 Å². The molecule has 0 amide bonds. The van der Waals surface area contributed by atoms with Crippen molar-refractivity contribution in [3.63, 3.8) is 0 Å². The number of aromatic nitrogens is 4. The first-order valence-corrected chi connectivity index (χ1v) is 10.5. The van der Waals surface area contributed by atoms with Gasteiger partial charge in [-0.3, -0.25) is 0 Å². The molecule has 0 aliphatic carbocycles. The molecule has 0 spiro atoms. The molecular weight excluding hydrogens is 423 g/mol. The molecule has 3 N–H and O–H groups in total. The van der Waals surface area contributed by atoms with Gasteiger partial charge in [-0.05, 0) is 38.8 Å². The van der Waals surface area contributed by atoms with Gasteiger partial charge in [-0.1, -0.05) is 11.6 Å². The molecule has 31 heavy (non-hydrogen) atoms. The molecule has 0 radical (unpaired) electrons. The van der Waals surface area contributed by atoms with Crippen LogP contribution in [0.15, 0.2) is 18.3 Å². The molecule has 0 saturated carbocycles. The number of aliphatic hydroxyl groups excluding tert-OH is 1. The summed E-state index contributed by atoms with van der Waals surface area (Å²) in [6.45, 7) is 5.42. The quantitative estimate of drug-likeness (QED) is 0.627. The third-order valence-corrected chi connectivity index (χ3v) is 5.10. The molecule has 1 fully saturated rings. The molecule has 1 aliphatic heterocycles. The summed E-state index contributed by atoms with van der Waals surface area (Å²) in [7, 11) is 3.75. The largest absolute Gasteiger partial charge is 0.391 e. The summed E-state index contributed by atoms with van der Waals surface area (Å²) in [5.41, 5.74) is 7.56. The average Bonchev–Trinajstić information content (AvgIpc) is 3.12. The van der Waals surface area contributed by atoms with Gasteiger partial charge >= 0.3 is 0 Å². The predicted molar refractivity (Wildman–Crippen MR) is 121 cm³/mol. The van der Waals surface area contributed by atoms with E-state index < -0.39 is 5.82 Å². The lowest BCUT2D eigenvalue weighted by Gasteiger charge is -2.18. The zero-order valence-corrected chi connectivity index (χ0v) is 18.9. The number of nitrogens with two attached hydrogens (primary N) is 1. The van der Waals surface area contributed by atoms with Crippen molar-refractivity contribution >= 4 is 34.5 Å². The van der Waals surface area contributed by atoms with Crippen LogP contribution in [0.2, 0.25) is 5.02 Å². The Morgan fingerprint density at radius 2 is 2.06 bits per heavy atom. The van der Waals surface area contributed by atoms with Crippen LogP contribution in [0.4, 0.5) is 16.3 Å². The van der Waals surface area contributed by atoms with E-state index in [-0.39, 0.29) is 18.1 Å². The number of aliphatic hydroxyl groups is 1. The summed E-state index contributed by atoms with van der Waals surface area (Å²) in [5, 5.41) is 9.10. The highest BCUT2D eigenvalue weighted by molar-refractivity contribution is 6.33. The summed E-state index contributed by atoms with van der Waals surface area (Å²) >= 11 is 6.16. The number of ether oxygens (including phenoxy) is 1. The van der Waals surface area contributed by atoms with Gasteiger partial charge in [0.25, 0.3) is 0 Å². The second-order valence-electron chi connectivity index (χ2n) is 7.89. The van der Waals surface area contributed by atoms with E-state index >= 15 is 0 Å². The van der Waals surface area contributed by atoms with Crippen LogP contribution < -0.4 is 10.6 Å². The summed E-state index contributed by atoms with van der Waals surface area (Å²) in [4.78, 5) is 14.3. The molecule has 1 aromatic carbocycles. The number of rotatable bonds is 3. The second-order valence-corrected chi connectivity index (χ2v) is 8.30. The number of benzene rings is 1. The Morgan fingerprint density at radius 3 is 2.61 bits per heavy atom. The van der Waals surface area contributed by atoms with Gasteiger partial charge in [0.15, 0.2) is 5.82 Å². The second kappa shape index (κ2) is 9.76. The van der Waals surface area contributed by atoms with Crippen molar-refractivity contribution in [2.24, 2.45) is 0 Å². The van der Waals surface area contributed by atoms with Crippen LogP contribution in [0.1, 0.15) is 32.7 Å². The number of hydrogen-bond acceptors (Lipinski definition) is 7. The van der Waals surface area contributed by atoms with E-state index in [1.165, 1.54) is 12.3 Å². The van der Waals surface area contributed by atoms with Gasteiger partial charge in [0.05, 0.1) is 35.1 Å². The van der Waals surface area contributed by atoms with Crippen LogP contribution in [-0.4, -0.2) is 58.0 Å². The highest BCUT2D eigenvalue weighted by Crippen LogP contribution is 2.33. The molecule has 1 atom stereocenters. The lowest BCUT2D eigenvalue weighted by Crippen LogP contribution is -2.21. The Bertz CT molecular complexity index is 1050. The molecule has 1 unspecified atom stereocenters. The Kier molecular flexibility index (Phi) is 7.30. The van der Waals surface area contributed by atoms with Crippen LogP contribution in [0.25, 0.3) is 22.3 Å². The zero-order chi connectivity index (χ0) is 22.7. The van der Waals surface area contributed by atoms with Gasteiger partial charge in [0.2, 0.25) is 11.9 Å². The zero-order valence-electron chi connectivity index (χ0n) is 18.1. The Labute approximate surface area is 185 Å². The molecular formula is C21H28ClFN6O2. The van der Waals surface area contributed by atoms with Crippen LogP contribution in [0.3, 0.4) is 0 Å². The van der Waals surface area contributed by atoms with E-state index in [1.807, 2.05) is 43.5 Å². The van der Waals surface area contributed by atoms with Crippen molar-refractivity contribution in [3.8, 4) is 11.3 Å². The molecule has 3 heterocycles. The minimum atomic E-state index is -0.432. The molecule has 4 rings (SSSR count). The van der Waals surface area contributed by atoms with Crippen molar-refractivity contribution in [2.75, 3.05) is 37.9 Å². The normalized spacial score (nSPS) is 16.3. The molecule has 3 aromatic rings. The van der Waals surface area contributed by atoms with Gasteiger partial charge in [0.1, 0.15) is 5.52 Å². The fourth-order valence-corrected chi connectivity index (χ4v) is 3.61. The number of fused-ring (bicyclic) bond motifs is 1. The van der Waals surface area contributed by atoms with Crippen molar-refractivity contribution in [2.45, 2.75) is 38.8 Å². The lowest BCUT2D eigenvalue weighted by atomic mass is 10.1. The van der Waals surface area contributed by atoms with Crippen LogP contribution in [0, 0.1) is 5.82 Å². The van der Waals surface area contributed by atoms with E-state index in [1.54, 1.807) is 0 Å². The van der Waals surface area contributed by atoms with Gasteiger partial charge in [-0.25, -0.2) is 19.3 Å². The van der Waals surface area contributed by atoms with Gasteiger partial charge in [-0.2, -0.15) is 0 Å². The van der Waals surface area contributed by atoms with Gasteiger partial charge < -0.3 is 25.0 Å². The number of imidazole rings is 1. The van der Waals surface area contributed by atoms with E-state index in [0.29, 0.717) is 39.9 Å². The minimum absolute atomic E-state index is 0.0845. The molecule has 168 valence electrons. The number of nitrogens with zero attached hydrogens (tertiary/aromatic N) is 5. The number of hydrogen-bond donors (Lipinski definition) is 2. The predicted octanol–water partition coefficient (Wildman–Crippen LogP) is 3.67. The maximum atomic E-state index is 14.7.